The van der Waals surface area contributed by atoms with Crippen molar-refractivity contribution in [2.75, 3.05) is 7.11 Å². The highest BCUT2D eigenvalue weighted by Gasteiger charge is 2.33. The fourth-order valence-electron chi connectivity index (χ4n) is 5.97. The molecule has 182 valence electrons. The third-order valence-corrected chi connectivity index (χ3v) is 7.80. The summed E-state index contributed by atoms with van der Waals surface area (Å²) in [5, 5.41) is 14.1. The minimum absolute atomic E-state index is 0.0354. The maximum absolute atomic E-state index is 13.2. The maximum Gasteiger partial charge on any atom is 0.252 e. The normalized spacial score (nSPS) is 18.7. The summed E-state index contributed by atoms with van der Waals surface area (Å²) >= 11 is 0. The van der Waals surface area contributed by atoms with Gasteiger partial charge in [-0.1, -0.05) is 39.0 Å². The number of rotatable bonds is 8. The van der Waals surface area contributed by atoms with Gasteiger partial charge in [-0.05, 0) is 66.1 Å². The van der Waals surface area contributed by atoms with Crippen LogP contribution in [0.2, 0.25) is 0 Å². The molecule has 8 nitrogen and oxygen atoms in total. The first-order chi connectivity index (χ1) is 16.7. The van der Waals surface area contributed by atoms with Crippen molar-refractivity contribution >= 4 is 10.9 Å². The Bertz CT molecular complexity index is 1160. The monoisotopic (exact) mass is 464 g/mol. The Hall–Kier alpha value is -2.74. The van der Waals surface area contributed by atoms with E-state index >= 15 is 0 Å². The lowest BCUT2D eigenvalue weighted by Gasteiger charge is -2.39. The minimum Gasteiger partial charge on any atom is -0.497 e. The van der Waals surface area contributed by atoms with E-state index in [2.05, 4.69) is 37.0 Å². The van der Waals surface area contributed by atoms with E-state index in [0.29, 0.717) is 18.6 Å². The van der Waals surface area contributed by atoms with Crippen LogP contribution >= 0.6 is 0 Å². The van der Waals surface area contributed by atoms with Gasteiger partial charge in [-0.15, -0.1) is 5.10 Å². The minimum atomic E-state index is -0.0354. The standard InChI is InChI=1S/C26H36N6O2/c1-3-24(25-28-29-30-32(25)21-11-7-8-12-21)31(20-9-5-4-6-10-20)17-19-15-18-13-14-22(34-2)16-23(18)27-26(19)33/h13-16,20-21,24H,3-12,17H2,1-2H3,(H,27,33)/t24-/m1/s1. The van der Waals surface area contributed by atoms with Crippen molar-refractivity contribution in [1.82, 2.24) is 30.1 Å². The first-order valence-electron chi connectivity index (χ1n) is 12.9. The number of tetrazole rings is 1. The van der Waals surface area contributed by atoms with Crippen LogP contribution in [0.1, 0.15) is 94.6 Å². The number of H-pyrrole nitrogens is 1. The first kappa shape index (κ1) is 23.0. The van der Waals surface area contributed by atoms with Crippen LogP contribution in [0.3, 0.4) is 0 Å². The number of hydrogen-bond acceptors (Lipinski definition) is 6. The molecule has 0 spiro atoms. The number of benzene rings is 1. The molecule has 0 aliphatic heterocycles. The summed E-state index contributed by atoms with van der Waals surface area (Å²) in [6.07, 6.45) is 11.8. The van der Waals surface area contributed by atoms with E-state index in [0.717, 1.165) is 60.1 Å². The molecule has 3 aromatic rings. The zero-order valence-electron chi connectivity index (χ0n) is 20.4. The zero-order valence-corrected chi connectivity index (χ0v) is 20.4. The van der Waals surface area contributed by atoms with Crippen molar-refractivity contribution in [2.45, 2.75) is 95.8 Å². The molecule has 0 bridgehead atoms. The number of ether oxygens (including phenoxy) is 1. The third-order valence-electron chi connectivity index (χ3n) is 7.80. The third kappa shape index (κ3) is 4.60. The molecule has 0 radical (unpaired) electrons. The molecule has 2 aliphatic carbocycles. The average molecular weight is 465 g/mol. The molecule has 0 amide bonds. The molecule has 0 unspecified atom stereocenters. The Kier molecular flexibility index (Phi) is 6.94. The van der Waals surface area contributed by atoms with E-state index in [-0.39, 0.29) is 11.6 Å². The Labute approximate surface area is 200 Å². The fraction of sp³-hybridized carbons (Fsp3) is 0.615. The van der Waals surface area contributed by atoms with E-state index in [9.17, 15) is 4.79 Å². The first-order valence-corrected chi connectivity index (χ1v) is 12.9. The summed E-state index contributed by atoms with van der Waals surface area (Å²) in [6.45, 7) is 2.81. The van der Waals surface area contributed by atoms with Gasteiger partial charge in [-0.3, -0.25) is 9.69 Å². The number of pyridine rings is 1. The topological polar surface area (TPSA) is 88.9 Å². The van der Waals surface area contributed by atoms with Crippen LogP contribution < -0.4 is 10.3 Å². The predicted molar refractivity (Wildman–Crippen MR) is 132 cm³/mol. The average Bonchev–Trinajstić information content (AvgIpc) is 3.57. The Morgan fingerprint density at radius 1 is 1.12 bits per heavy atom. The lowest BCUT2D eigenvalue weighted by molar-refractivity contribution is 0.0830. The molecule has 2 aromatic heterocycles. The second kappa shape index (κ2) is 10.3. The number of methoxy groups -OCH3 is 1. The quantitative estimate of drug-likeness (QED) is 0.509. The molecule has 5 rings (SSSR count). The van der Waals surface area contributed by atoms with Gasteiger partial charge in [0.15, 0.2) is 5.82 Å². The molecular weight excluding hydrogens is 428 g/mol. The molecule has 8 heteroatoms. The molecule has 34 heavy (non-hydrogen) atoms. The molecule has 2 aliphatic rings. The lowest BCUT2D eigenvalue weighted by atomic mass is 9.92. The van der Waals surface area contributed by atoms with Crippen molar-refractivity contribution in [1.29, 1.82) is 0 Å². The van der Waals surface area contributed by atoms with Gasteiger partial charge < -0.3 is 9.72 Å². The molecule has 1 N–H and O–H groups in total. The van der Waals surface area contributed by atoms with Crippen LogP contribution in [0, 0.1) is 0 Å². The smallest absolute Gasteiger partial charge is 0.252 e. The number of fused-ring (bicyclic) bond motifs is 1. The van der Waals surface area contributed by atoms with Gasteiger partial charge in [-0.25, -0.2) is 4.68 Å². The van der Waals surface area contributed by atoms with Crippen molar-refractivity contribution in [2.24, 2.45) is 0 Å². The zero-order chi connectivity index (χ0) is 23.5. The van der Waals surface area contributed by atoms with E-state index in [1.165, 1.54) is 32.1 Å². The van der Waals surface area contributed by atoms with Crippen molar-refractivity contribution < 1.29 is 4.74 Å². The van der Waals surface area contributed by atoms with Crippen molar-refractivity contribution in [3.63, 3.8) is 0 Å². The summed E-state index contributed by atoms with van der Waals surface area (Å²) in [4.78, 5) is 18.8. The summed E-state index contributed by atoms with van der Waals surface area (Å²) in [5.41, 5.74) is 1.56. The molecule has 2 fully saturated rings. The number of aromatic amines is 1. The van der Waals surface area contributed by atoms with Crippen molar-refractivity contribution in [3.05, 3.63) is 46.0 Å². The molecule has 1 atom stereocenters. The van der Waals surface area contributed by atoms with Crippen molar-refractivity contribution in [3.8, 4) is 5.75 Å². The van der Waals surface area contributed by atoms with E-state index in [1.54, 1.807) is 7.11 Å². The van der Waals surface area contributed by atoms with Crippen LogP contribution in [0.4, 0.5) is 0 Å². The van der Waals surface area contributed by atoms with Gasteiger partial charge in [0.05, 0.1) is 24.7 Å². The molecule has 1 aromatic carbocycles. The maximum atomic E-state index is 13.2. The molecule has 0 saturated heterocycles. The van der Waals surface area contributed by atoms with Crippen LogP contribution in [0.5, 0.6) is 5.75 Å². The number of nitrogens with one attached hydrogen (secondary N) is 1. The highest BCUT2D eigenvalue weighted by Crippen LogP contribution is 2.36. The predicted octanol–water partition coefficient (Wildman–Crippen LogP) is 4.92. The summed E-state index contributed by atoms with van der Waals surface area (Å²) in [5.74, 6) is 1.70. The van der Waals surface area contributed by atoms with Crippen LogP contribution in [0.15, 0.2) is 29.1 Å². The Morgan fingerprint density at radius 2 is 1.88 bits per heavy atom. The number of nitrogens with zero attached hydrogens (tertiary/aromatic N) is 5. The van der Waals surface area contributed by atoms with Gasteiger partial charge in [0.25, 0.3) is 5.56 Å². The lowest BCUT2D eigenvalue weighted by Crippen LogP contribution is -2.41. The molecule has 2 heterocycles. The van der Waals surface area contributed by atoms with Gasteiger partial charge in [0.1, 0.15) is 5.75 Å². The summed E-state index contributed by atoms with van der Waals surface area (Å²) in [6, 6.07) is 8.78. The SMILES string of the molecule is CC[C@H](c1nnnn1C1CCCC1)N(Cc1cc2ccc(OC)cc2[nH]c1=O)C1CCCCC1. The van der Waals surface area contributed by atoms with Crippen LogP contribution in [-0.2, 0) is 6.54 Å². The highest BCUT2D eigenvalue weighted by atomic mass is 16.5. The van der Waals surface area contributed by atoms with Gasteiger partial charge in [-0.2, -0.15) is 0 Å². The Balaban J connectivity index is 1.51. The van der Waals surface area contributed by atoms with Gasteiger partial charge in [0, 0.05) is 24.2 Å². The molecular formula is C26H36N6O2. The summed E-state index contributed by atoms with van der Waals surface area (Å²) < 4.78 is 7.42. The number of hydrogen-bond donors (Lipinski definition) is 1. The fourth-order valence-corrected chi connectivity index (χ4v) is 5.97. The van der Waals surface area contributed by atoms with Gasteiger partial charge in [0.2, 0.25) is 0 Å². The van der Waals surface area contributed by atoms with E-state index in [4.69, 9.17) is 4.74 Å². The summed E-state index contributed by atoms with van der Waals surface area (Å²) in [7, 11) is 1.64. The highest BCUT2D eigenvalue weighted by molar-refractivity contribution is 5.80. The molecule has 2 saturated carbocycles. The van der Waals surface area contributed by atoms with Gasteiger partial charge >= 0.3 is 0 Å². The van der Waals surface area contributed by atoms with Crippen LogP contribution in [0.25, 0.3) is 10.9 Å². The van der Waals surface area contributed by atoms with E-state index in [1.807, 2.05) is 24.3 Å². The second-order valence-corrected chi connectivity index (χ2v) is 9.89. The van der Waals surface area contributed by atoms with Crippen LogP contribution in [-0.4, -0.2) is 43.2 Å². The van der Waals surface area contributed by atoms with E-state index < -0.39 is 0 Å². The second-order valence-electron chi connectivity index (χ2n) is 9.89. The Morgan fingerprint density at radius 3 is 2.62 bits per heavy atom. The largest absolute Gasteiger partial charge is 0.497 e. The number of aromatic nitrogens is 5.